The van der Waals surface area contributed by atoms with Gasteiger partial charge in [0.2, 0.25) is 6.17 Å². The maximum absolute atomic E-state index is 11.9. The Kier molecular flexibility index (Phi) is 4.00. The predicted molar refractivity (Wildman–Crippen MR) is 42.8 cm³/mol. The van der Waals surface area contributed by atoms with Crippen molar-refractivity contribution in [2.45, 2.75) is 14.3 Å². The van der Waals surface area contributed by atoms with Crippen LogP contribution < -0.4 is 0 Å². The zero-order valence-electron chi connectivity index (χ0n) is 3.92. The summed E-state index contributed by atoms with van der Waals surface area (Å²) in [6, 6.07) is 0. The van der Waals surface area contributed by atoms with Gasteiger partial charge in [0.25, 0.3) is 0 Å². The van der Waals surface area contributed by atoms with Crippen LogP contribution in [0.25, 0.3) is 0 Å². The summed E-state index contributed by atoms with van der Waals surface area (Å²) >= 11 is 1.53. The molecular weight excluding hydrogens is 366 g/mol. The van der Waals surface area contributed by atoms with E-state index in [0.29, 0.717) is 22.6 Å². The molecule has 0 radical (unpaired) electrons. The molecule has 0 N–H and O–H groups in total. The third-order valence-corrected chi connectivity index (χ3v) is 1.76. The molecule has 0 aromatic rings. The monoisotopic (exact) mass is 368 g/mol. The molecule has 0 rings (SSSR count). The number of alkyl halides is 6. The van der Waals surface area contributed by atoms with Crippen LogP contribution in [0.1, 0.15) is 0 Å². The fourth-order valence-electron chi connectivity index (χ4n) is 0.143. The first-order chi connectivity index (χ1) is 3.85. The third kappa shape index (κ3) is 3.79. The van der Waals surface area contributed by atoms with Gasteiger partial charge in [0.15, 0.2) is 4.18 Å². The second-order valence-corrected chi connectivity index (χ2v) is 3.91. The van der Waals surface area contributed by atoms with Gasteiger partial charge in [0.05, 0.1) is 0 Å². The van der Waals surface area contributed by atoms with Gasteiger partial charge in [-0.1, -0.05) is 0 Å². The number of hydrogen-bond donors (Lipinski definition) is 0. The van der Waals surface area contributed by atoms with Crippen LogP contribution in [0.4, 0.5) is 17.6 Å². The smallest absolute Gasteiger partial charge is 0.236 e. The Balaban J connectivity index is 3.88. The molecule has 0 saturated carbocycles. The molecule has 0 bridgehead atoms. The van der Waals surface area contributed by atoms with Crippen molar-refractivity contribution in [3.05, 3.63) is 0 Å². The molecule has 9 heavy (non-hydrogen) atoms. The van der Waals surface area contributed by atoms with E-state index < -0.39 is 14.3 Å². The molecule has 0 saturated heterocycles. The molecule has 56 valence electrons. The summed E-state index contributed by atoms with van der Waals surface area (Å²) in [6.07, 6.45) is -2.71. The molecule has 0 aliphatic rings. The average Bonchev–Trinajstić information content (AvgIpc) is 1.62. The van der Waals surface area contributed by atoms with Crippen LogP contribution in [0.5, 0.6) is 0 Å². The highest BCUT2D eigenvalue weighted by Crippen LogP contribution is 2.34. The first-order valence-electron chi connectivity index (χ1n) is 1.84. The van der Waals surface area contributed by atoms with Gasteiger partial charge < -0.3 is 0 Å². The predicted octanol–water partition coefficient (Wildman–Crippen LogP) is 3.08. The molecule has 0 nitrogen and oxygen atoms in total. The minimum Gasteiger partial charge on any atom is -0.236 e. The van der Waals surface area contributed by atoms with Gasteiger partial charge >= 0.3 is 3.93 Å². The molecule has 0 spiro atoms. The molecule has 0 aromatic heterocycles. The van der Waals surface area contributed by atoms with E-state index in [-0.39, 0.29) is 0 Å². The molecule has 0 aromatic carbocycles. The molecule has 0 aliphatic heterocycles. The molecule has 0 amide bonds. The Labute approximate surface area is 76.7 Å². The van der Waals surface area contributed by atoms with Crippen LogP contribution in [0, 0.1) is 0 Å². The van der Waals surface area contributed by atoms with Gasteiger partial charge in [-0.05, 0) is 22.6 Å². The molecule has 2 unspecified atom stereocenters. The highest BCUT2D eigenvalue weighted by Gasteiger charge is 2.41. The molecular formula is C3H2F4I2. The van der Waals surface area contributed by atoms with Crippen molar-refractivity contribution in [1.29, 1.82) is 0 Å². The number of hydrogen-bond acceptors (Lipinski definition) is 0. The largest absolute Gasteiger partial charge is 0.330 e. The van der Waals surface area contributed by atoms with Crippen molar-refractivity contribution >= 4 is 45.2 Å². The summed E-state index contributed by atoms with van der Waals surface area (Å²) in [5.41, 5.74) is 0. The van der Waals surface area contributed by atoms with Crippen molar-refractivity contribution in [2.75, 3.05) is 0 Å². The van der Waals surface area contributed by atoms with Crippen LogP contribution in [0.2, 0.25) is 0 Å². The first kappa shape index (κ1) is 10.2. The van der Waals surface area contributed by atoms with E-state index in [2.05, 4.69) is 0 Å². The lowest BCUT2D eigenvalue weighted by Crippen LogP contribution is -2.28. The highest BCUT2D eigenvalue weighted by molar-refractivity contribution is 14.1. The summed E-state index contributed by atoms with van der Waals surface area (Å²) in [4.78, 5) is 0. The van der Waals surface area contributed by atoms with Gasteiger partial charge in [-0.3, -0.25) is 0 Å². The van der Waals surface area contributed by atoms with Gasteiger partial charge in [0.1, 0.15) is 0 Å². The summed E-state index contributed by atoms with van der Waals surface area (Å²) < 4.78 is 41.3. The maximum Gasteiger partial charge on any atom is 0.330 e. The van der Waals surface area contributed by atoms with Crippen LogP contribution in [-0.2, 0) is 0 Å². The Morgan fingerprint density at radius 2 is 1.56 bits per heavy atom. The fraction of sp³-hybridized carbons (Fsp3) is 1.00. The second-order valence-electron chi connectivity index (χ2n) is 1.28. The highest BCUT2D eigenvalue weighted by atomic mass is 127. The average molecular weight is 368 g/mol. The SMILES string of the molecule is FC(I)C(F)C(F)(F)I. The van der Waals surface area contributed by atoms with E-state index in [9.17, 15) is 17.6 Å². The van der Waals surface area contributed by atoms with E-state index in [4.69, 9.17) is 0 Å². The van der Waals surface area contributed by atoms with Crippen LogP contribution >= 0.6 is 45.2 Å². The Bertz CT molecular complexity index is 88.3. The lowest BCUT2D eigenvalue weighted by Gasteiger charge is -2.13. The standard InChI is InChI=1S/C3H2F4I2/c4-1(2(5)8)3(6,7)9/h1-2H. The lowest BCUT2D eigenvalue weighted by atomic mass is 10.4. The van der Waals surface area contributed by atoms with E-state index in [1.54, 1.807) is 0 Å². The van der Waals surface area contributed by atoms with E-state index >= 15 is 0 Å². The van der Waals surface area contributed by atoms with E-state index in [1.807, 2.05) is 0 Å². The number of halogens is 6. The summed E-state index contributed by atoms with van der Waals surface area (Å²) in [7, 11) is 0. The van der Waals surface area contributed by atoms with Gasteiger partial charge in [0, 0.05) is 22.6 Å². The van der Waals surface area contributed by atoms with Crippen molar-refractivity contribution in [2.24, 2.45) is 0 Å². The first-order valence-corrected chi connectivity index (χ1v) is 4.17. The van der Waals surface area contributed by atoms with Gasteiger partial charge in [-0.15, -0.1) is 0 Å². The van der Waals surface area contributed by atoms with Crippen LogP contribution in [0.15, 0.2) is 0 Å². The molecule has 0 heterocycles. The van der Waals surface area contributed by atoms with Crippen molar-refractivity contribution in [3.63, 3.8) is 0 Å². The van der Waals surface area contributed by atoms with Gasteiger partial charge in [-0.2, -0.15) is 8.78 Å². The fourth-order valence-corrected chi connectivity index (χ4v) is 1.60. The minimum atomic E-state index is -3.60. The second kappa shape index (κ2) is 3.54. The van der Waals surface area contributed by atoms with Gasteiger partial charge in [-0.25, -0.2) is 8.78 Å². The minimum absolute atomic E-state index is 0.565. The van der Waals surface area contributed by atoms with Crippen LogP contribution in [-0.4, -0.2) is 14.3 Å². The topological polar surface area (TPSA) is 0 Å². The Hall–Kier alpha value is 1.18. The van der Waals surface area contributed by atoms with E-state index in [1.165, 1.54) is 0 Å². The molecule has 2 atom stereocenters. The summed E-state index contributed by atoms with van der Waals surface area (Å²) in [6.45, 7) is 0. The number of rotatable bonds is 2. The summed E-state index contributed by atoms with van der Waals surface area (Å²) in [5, 5.41) is 0. The van der Waals surface area contributed by atoms with E-state index in [0.717, 1.165) is 22.6 Å². The quantitative estimate of drug-likeness (QED) is 0.400. The zero-order valence-corrected chi connectivity index (χ0v) is 8.24. The van der Waals surface area contributed by atoms with Crippen LogP contribution in [0.3, 0.4) is 0 Å². The molecule has 6 heteroatoms. The van der Waals surface area contributed by atoms with Crippen molar-refractivity contribution < 1.29 is 17.6 Å². The normalized spacial score (nSPS) is 19.3. The summed E-state index contributed by atoms with van der Waals surface area (Å²) in [5.74, 6) is 0. The molecule has 0 aliphatic carbocycles. The third-order valence-electron chi connectivity index (χ3n) is 0.534. The molecule has 0 fully saturated rings. The lowest BCUT2D eigenvalue weighted by molar-refractivity contribution is 0.0154. The van der Waals surface area contributed by atoms with Crippen molar-refractivity contribution in [1.82, 2.24) is 0 Å². The Morgan fingerprint density at radius 1 is 1.22 bits per heavy atom. The van der Waals surface area contributed by atoms with Crippen molar-refractivity contribution in [3.8, 4) is 0 Å². The Morgan fingerprint density at radius 3 is 1.56 bits per heavy atom. The maximum atomic E-state index is 11.9. The zero-order chi connectivity index (χ0) is 7.65.